The van der Waals surface area contributed by atoms with E-state index in [4.69, 9.17) is 4.74 Å². The Morgan fingerprint density at radius 2 is 1.95 bits per heavy atom. The number of Topliss-reactive ketones (excluding diaryl/α,β-unsaturated/α-hetero) is 1. The average molecular weight is 258 g/mol. The third-order valence-corrected chi connectivity index (χ3v) is 2.95. The number of ether oxygens (including phenoxy) is 1. The van der Waals surface area contributed by atoms with Gasteiger partial charge in [-0.25, -0.2) is 4.39 Å². The van der Waals surface area contributed by atoms with Crippen molar-refractivity contribution in [1.29, 1.82) is 0 Å². The summed E-state index contributed by atoms with van der Waals surface area (Å²) < 4.78 is 18.7. The van der Waals surface area contributed by atoms with E-state index < -0.39 is 0 Å². The highest BCUT2D eigenvalue weighted by Gasteiger charge is 2.08. The van der Waals surface area contributed by atoms with Crippen molar-refractivity contribution in [2.45, 2.75) is 20.5 Å². The molecule has 0 saturated carbocycles. The third-order valence-electron chi connectivity index (χ3n) is 2.95. The molecule has 0 spiro atoms. The first-order valence-corrected chi connectivity index (χ1v) is 6.05. The number of para-hydroxylation sites is 1. The second-order valence-electron chi connectivity index (χ2n) is 4.41. The number of carbonyl (C=O) groups excluding carboxylic acids is 1. The van der Waals surface area contributed by atoms with Crippen molar-refractivity contribution >= 4 is 5.78 Å². The Morgan fingerprint density at radius 1 is 1.21 bits per heavy atom. The second kappa shape index (κ2) is 5.65. The summed E-state index contributed by atoms with van der Waals surface area (Å²) in [5, 5.41) is 0. The van der Waals surface area contributed by atoms with Crippen LogP contribution in [-0.4, -0.2) is 5.78 Å². The minimum absolute atomic E-state index is 0.0357. The smallest absolute Gasteiger partial charge is 0.163 e. The van der Waals surface area contributed by atoms with Crippen LogP contribution in [0.3, 0.4) is 0 Å². The lowest BCUT2D eigenvalue weighted by atomic mass is 10.1. The van der Waals surface area contributed by atoms with Gasteiger partial charge < -0.3 is 4.74 Å². The van der Waals surface area contributed by atoms with Crippen molar-refractivity contribution < 1.29 is 13.9 Å². The molecule has 0 bridgehead atoms. The first kappa shape index (κ1) is 13.3. The van der Waals surface area contributed by atoms with Crippen molar-refractivity contribution in [3.8, 4) is 5.75 Å². The number of halogens is 1. The molecule has 0 atom stereocenters. The Hall–Kier alpha value is -2.16. The van der Waals surface area contributed by atoms with Crippen LogP contribution in [0.5, 0.6) is 5.75 Å². The van der Waals surface area contributed by atoms with Gasteiger partial charge in [-0.15, -0.1) is 0 Å². The van der Waals surface area contributed by atoms with E-state index in [0.717, 1.165) is 11.1 Å². The van der Waals surface area contributed by atoms with Crippen LogP contribution in [0.25, 0.3) is 0 Å². The van der Waals surface area contributed by atoms with E-state index in [1.165, 1.54) is 19.1 Å². The maximum Gasteiger partial charge on any atom is 0.163 e. The van der Waals surface area contributed by atoms with E-state index >= 15 is 0 Å². The molecule has 0 saturated heterocycles. The zero-order chi connectivity index (χ0) is 13.8. The lowest BCUT2D eigenvalue weighted by Crippen LogP contribution is -2.02. The quantitative estimate of drug-likeness (QED) is 0.777. The number of rotatable bonds is 4. The molecule has 19 heavy (non-hydrogen) atoms. The molecular formula is C16H15FO2. The predicted molar refractivity (Wildman–Crippen MR) is 71.9 cm³/mol. The summed E-state index contributed by atoms with van der Waals surface area (Å²) in [5.74, 6) is 0.260. The second-order valence-corrected chi connectivity index (χ2v) is 4.41. The first-order chi connectivity index (χ1) is 9.08. The summed E-state index contributed by atoms with van der Waals surface area (Å²) in [5.41, 5.74) is 2.29. The highest BCUT2D eigenvalue weighted by Crippen LogP contribution is 2.20. The maximum atomic E-state index is 13.0. The lowest BCUT2D eigenvalue weighted by Gasteiger charge is -2.11. The molecule has 0 aliphatic carbocycles. The molecule has 0 unspecified atom stereocenters. The van der Waals surface area contributed by atoms with E-state index in [0.29, 0.717) is 17.9 Å². The van der Waals surface area contributed by atoms with Gasteiger partial charge in [-0.05, 0) is 49.2 Å². The molecule has 0 aliphatic rings. The maximum absolute atomic E-state index is 13.0. The van der Waals surface area contributed by atoms with E-state index in [9.17, 15) is 9.18 Å². The SMILES string of the molecule is CC(=O)c1ccccc1OCc1ccc(F)cc1C. The summed E-state index contributed by atoms with van der Waals surface area (Å²) in [7, 11) is 0. The summed E-state index contributed by atoms with van der Waals surface area (Å²) in [6.45, 7) is 3.65. The van der Waals surface area contributed by atoms with Crippen molar-refractivity contribution in [1.82, 2.24) is 0 Å². The molecule has 0 heterocycles. The third kappa shape index (κ3) is 3.19. The van der Waals surface area contributed by atoms with Crippen molar-refractivity contribution in [2.24, 2.45) is 0 Å². The van der Waals surface area contributed by atoms with Gasteiger partial charge in [0.2, 0.25) is 0 Å². The van der Waals surface area contributed by atoms with Gasteiger partial charge in [-0.2, -0.15) is 0 Å². The molecule has 0 fully saturated rings. The van der Waals surface area contributed by atoms with Crippen molar-refractivity contribution in [2.75, 3.05) is 0 Å². The molecule has 0 aromatic heterocycles. The Labute approximate surface area is 111 Å². The first-order valence-electron chi connectivity index (χ1n) is 6.05. The predicted octanol–water partition coefficient (Wildman–Crippen LogP) is 3.92. The zero-order valence-corrected chi connectivity index (χ0v) is 10.9. The standard InChI is InChI=1S/C16H15FO2/c1-11-9-14(17)8-7-13(11)10-19-16-6-4-3-5-15(16)12(2)18/h3-9H,10H2,1-2H3. The van der Waals surface area contributed by atoms with Gasteiger partial charge in [0.1, 0.15) is 18.2 Å². The van der Waals surface area contributed by atoms with E-state index in [2.05, 4.69) is 0 Å². The van der Waals surface area contributed by atoms with E-state index in [1.54, 1.807) is 24.3 Å². The highest BCUT2D eigenvalue weighted by molar-refractivity contribution is 5.96. The van der Waals surface area contributed by atoms with Gasteiger partial charge in [0.15, 0.2) is 5.78 Å². The van der Waals surface area contributed by atoms with Crippen molar-refractivity contribution in [3.05, 3.63) is 65.0 Å². The van der Waals surface area contributed by atoms with Crippen LogP contribution in [0.2, 0.25) is 0 Å². The number of hydrogen-bond acceptors (Lipinski definition) is 2. The van der Waals surface area contributed by atoms with Crippen molar-refractivity contribution in [3.63, 3.8) is 0 Å². The Balaban J connectivity index is 2.17. The average Bonchev–Trinajstić information content (AvgIpc) is 2.38. The number of aryl methyl sites for hydroxylation is 1. The molecule has 2 aromatic rings. The summed E-state index contributed by atoms with van der Waals surface area (Å²) in [6.07, 6.45) is 0. The fraction of sp³-hybridized carbons (Fsp3) is 0.188. The number of ketones is 1. The van der Waals surface area contributed by atoms with Gasteiger partial charge in [0.05, 0.1) is 5.56 Å². The Morgan fingerprint density at radius 3 is 2.63 bits per heavy atom. The summed E-state index contributed by atoms with van der Waals surface area (Å²) >= 11 is 0. The van der Waals surface area contributed by atoms with Crippen LogP contribution in [0, 0.1) is 12.7 Å². The fourth-order valence-electron chi connectivity index (χ4n) is 1.86. The summed E-state index contributed by atoms with van der Waals surface area (Å²) in [6, 6.07) is 11.7. The van der Waals surface area contributed by atoms with Gasteiger partial charge in [0, 0.05) is 0 Å². The molecule has 98 valence electrons. The van der Waals surface area contributed by atoms with Gasteiger partial charge in [0.25, 0.3) is 0 Å². The Kier molecular flexibility index (Phi) is 3.95. The Bertz CT molecular complexity index is 605. The molecule has 0 N–H and O–H groups in total. The largest absolute Gasteiger partial charge is 0.488 e. The molecule has 0 amide bonds. The number of hydrogen-bond donors (Lipinski definition) is 0. The van der Waals surface area contributed by atoms with Gasteiger partial charge in [-0.3, -0.25) is 4.79 Å². The molecule has 2 rings (SSSR count). The zero-order valence-electron chi connectivity index (χ0n) is 10.9. The van der Waals surface area contributed by atoms with Crippen LogP contribution in [0.4, 0.5) is 4.39 Å². The molecular weight excluding hydrogens is 243 g/mol. The van der Waals surface area contributed by atoms with Gasteiger partial charge in [-0.1, -0.05) is 18.2 Å². The molecule has 3 heteroatoms. The monoisotopic (exact) mass is 258 g/mol. The minimum Gasteiger partial charge on any atom is -0.488 e. The topological polar surface area (TPSA) is 26.3 Å². The fourth-order valence-corrected chi connectivity index (χ4v) is 1.86. The van der Waals surface area contributed by atoms with Crippen LogP contribution >= 0.6 is 0 Å². The molecule has 0 radical (unpaired) electrons. The van der Waals surface area contributed by atoms with E-state index in [1.807, 2.05) is 13.0 Å². The normalized spacial score (nSPS) is 10.3. The van der Waals surface area contributed by atoms with Gasteiger partial charge >= 0.3 is 0 Å². The van der Waals surface area contributed by atoms with Crippen LogP contribution in [-0.2, 0) is 6.61 Å². The molecule has 2 aromatic carbocycles. The minimum atomic E-state index is -0.259. The molecule has 2 nitrogen and oxygen atoms in total. The molecule has 0 aliphatic heterocycles. The van der Waals surface area contributed by atoms with E-state index in [-0.39, 0.29) is 11.6 Å². The summed E-state index contributed by atoms with van der Waals surface area (Å²) in [4.78, 5) is 11.5. The van der Waals surface area contributed by atoms with Crippen LogP contribution < -0.4 is 4.74 Å². The number of benzene rings is 2. The van der Waals surface area contributed by atoms with Crippen LogP contribution in [0.1, 0.15) is 28.4 Å². The van der Waals surface area contributed by atoms with Crippen LogP contribution in [0.15, 0.2) is 42.5 Å². The lowest BCUT2D eigenvalue weighted by molar-refractivity contribution is 0.101. The highest BCUT2D eigenvalue weighted by atomic mass is 19.1. The number of carbonyl (C=O) groups is 1.